The Morgan fingerprint density at radius 3 is 2.35 bits per heavy atom. The minimum absolute atomic E-state index is 0.0898. The van der Waals surface area contributed by atoms with Crippen LogP contribution in [0.4, 0.5) is 4.79 Å². The van der Waals surface area contributed by atoms with Crippen molar-refractivity contribution < 1.29 is 14.7 Å². The summed E-state index contributed by atoms with van der Waals surface area (Å²) in [5.41, 5.74) is 0. The maximum absolute atomic E-state index is 12.3. The quantitative estimate of drug-likeness (QED) is 0.816. The van der Waals surface area contributed by atoms with Gasteiger partial charge in [-0.1, -0.05) is 13.8 Å². The minimum Gasteiger partial charge on any atom is -0.481 e. The van der Waals surface area contributed by atoms with Gasteiger partial charge in [0.15, 0.2) is 0 Å². The van der Waals surface area contributed by atoms with Gasteiger partial charge in [-0.2, -0.15) is 0 Å². The molecule has 114 valence electrons. The summed E-state index contributed by atoms with van der Waals surface area (Å²) in [6.45, 7) is 6.88. The van der Waals surface area contributed by atoms with Gasteiger partial charge >= 0.3 is 12.0 Å². The lowest BCUT2D eigenvalue weighted by Gasteiger charge is -2.34. The zero-order valence-corrected chi connectivity index (χ0v) is 12.6. The second-order valence-corrected chi connectivity index (χ2v) is 6.58. The first-order valence-corrected chi connectivity index (χ1v) is 7.70. The molecule has 1 heterocycles. The Labute approximate surface area is 120 Å². The van der Waals surface area contributed by atoms with Gasteiger partial charge in [-0.15, -0.1) is 0 Å². The van der Waals surface area contributed by atoms with E-state index < -0.39 is 11.9 Å². The summed E-state index contributed by atoms with van der Waals surface area (Å²) >= 11 is 0. The number of nitrogens with zero attached hydrogens (tertiary/aromatic N) is 1. The smallest absolute Gasteiger partial charge is 0.317 e. The van der Waals surface area contributed by atoms with Crippen molar-refractivity contribution >= 4 is 12.0 Å². The molecule has 0 aromatic heterocycles. The highest BCUT2D eigenvalue weighted by molar-refractivity contribution is 5.78. The van der Waals surface area contributed by atoms with Crippen LogP contribution in [0.25, 0.3) is 0 Å². The third kappa shape index (κ3) is 3.07. The van der Waals surface area contributed by atoms with E-state index in [-0.39, 0.29) is 18.1 Å². The number of rotatable bonds is 2. The van der Waals surface area contributed by atoms with Crippen molar-refractivity contribution in [1.29, 1.82) is 0 Å². The fraction of sp³-hybridized carbons (Fsp3) is 0.867. The Kier molecular flexibility index (Phi) is 4.55. The maximum atomic E-state index is 12.3. The molecule has 1 saturated carbocycles. The van der Waals surface area contributed by atoms with Crippen LogP contribution in [0, 0.1) is 17.8 Å². The summed E-state index contributed by atoms with van der Waals surface area (Å²) in [5.74, 6) is 0.140. The molecule has 2 rings (SSSR count). The summed E-state index contributed by atoms with van der Waals surface area (Å²) in [6, 6.07) is -0.0646. The molecular weight excluding hydrogens is 256 g/mol. The van der Waals surface area contributed by atoms with Crippen molar-refractivity contribution in [2.24, 2.45) is 17.8 Å². The number of carboxylic acids is 1. The van der Waals surface area contributed by atoms with Gasteiger partial charge in [0.05, 0.1) is 5.92 Å². The van der Waals surface area contributed by atoms with Crippen LogP contribution < -0.4 is 5.32 Å². The molecule has 1 aliphatic carbocycles. The summed E-state index contributed by atoms with van der Waals surface area (Å²) < 4.78 is 0. The fourth-order valence-corrected chi connectivity index (χ4v) is 3.49. The van der Waals surface area contributed by atoms with Crippen molar-refractivity contribution in [3.05, 3.63) is 0 Å². The largest absolute Gasteiger partial charge is 0.481 e. The molecule has 5 heteroatoms. The number of aliphatic carboxylic acids is 1. The third-order valence-corrected chi connectivity index (χ3v) is 5.26. The normalized spacial score (nSPS) is 37.8. The van der Waals surface area contributed by atoms with Crippen LogP contribution in [0.2, 0.25) is 0 Å². The minimum atomic E-state index is -0.798. The predicted octanol–water partition coefficient (Wildman–Crippen LogP) is 2.32. The van der Waals surface area contributed by atoms with Crippen molar-refractivity contribution in [3.63, 3.8) is 0 Å². The van der Waals surface area contributed by atoms with Crippen molar-refractivity contribution in [1.82, 2.24) is 10.2 Å². The monoisotopic (exact) mass is 282 g/mol. The number of hydrogen-bond donors (Lipinski definition) is 2. The Bertz CT molecular complexity index is 385. The summed E-state index contributed by atoms with van der Waals surface area (Å²) in [6.07, 6.45) is 3.76. The first-order valence-electron chi connectivity index (χ1n) is 7.70. The molecule has 0 aromatic carbocycles. The van der Waals surface area contributed by atoms with E-state index in [0.717, 1.165) is 25.2 Å². The number of amides is 2. The molecule has 0 spiro atoms. The van der Waals surface area contributed by atoms with E-state index in [2.05, 4.69) is 19.2 Å². The summed E-state index contributed by atoms with van der Waals surface area (Å²) in [4.78, 5) is 25.1. The lowest BCUT2D eigenvalue weighted by Crippen LogP contribution is -2.49. The second-order valence-electron chi connectivity index (χ2n) is 6.58. The molecule has 1 aliphatic heterocycles. The van der Waals surface area contributed by atoms with Gasteiger partial charge in [-0.05, 0) is 44.4 Å². The average Bonchev–Trinajstić information content (AvgIpc) is 2.76. The molecule has 2 amide bonds. The molecule has 2 fully saturated rings. The number of nitrogens with one attached hydrogen (secondary N) is 1. The Morgan fingerprint density at radius 2 is 1.80 bits per heavy atom. The van der Waals surface area contributed by atoms with E-state index in [1.807, 2.05) is 6.92 Å². The molecule has 2 N–H and O–H groups in total. The number of urea groups is 1. The summed E-state index contributed by atoms with van der Waals surface area (Å²) in [5, 5.41) is 12.2. The first-order chi connectivity index (χ1) is 9.40. The lowest BCUT2D eigenvalue weighted by atomic mass is 9.79. The molecule has 20 heavy (non-hydrogen) atoms. The van der Waals surface area contributed by atoms with Gasteiger partial charge in [0, 0.05) is 18.6 Å². The van der Waals surface area contributed by atoms with Gasteiger partial charge in [0.2, 0.25) is 0 Å². The van der Waals surface area contributed by atoms with Gasteiger partial charge in [-0.3, -0.25) is 4.79 Å². The standard InChI is InChI=1S/C15H26N2O3/c1-9-4-5-12(8-10(9)2)16-15(20)17-7-6-13(11(17)3)14(18)19/h9-13H,4-8H2,1-3H3,(H,16,20)(H,18,19). The highest BCUT2D eigenvalue weighted by Gasteiger charge is 2.38. The van der Waals surface area contributed by atoms with E-state index in [0.29, 0.717) is 18.9 Å². The summed E-state index contributed by atoms with van der Waals surface area (Å²) in [7, 11) is 0. The Morgan fingerprint density at radius 1 is 1.10 bits per heavy atom. The van der Waals surface area contributed by atoms with E-state index in [1.54, 1.807) is 4.90 Å². The molecular formula is C15H26N2O3. The zero-order valence-electron chi connectivity index (χ0n) is 12.6. The molecule has 0 aromatic rings. The van der Waals surface area contributed by atoms with Crippen LogP contribution in [0.3, 0.4) is 0 Å². The molecule has 0 radical (unpaired) electrons. The lowest BCUT2D eigenvalue weighted by molar-refractivity contribution is -0.142. The van der Waals surface area contributed by atoms with E-state index in [9.17, 15) is 9.59 Å². The highest BCUT2D eigenvalue weighted by atomic mass is 16.4. The number of hydrogen-bond acceptors (Lipinski definition) is 2. The molecule has 0 bridgehead atoms. The molecule has 5 nitrogen and oxygen atoms in total. The Hall–Kier alpha value is -1.26. The Balaban J connectivity index is 1.88. The zero-order chi connectivity index (χ0) is 14.9. The van der Waals surface area contributed by atoms with Gasteiger partial charge < -0.3 is 15.3 Å². The van der Waals surface area contributed by atoms with Crippen molar-refractivity contribution in [2.45, 2.75) is 58.5 Å². The maximum Gasteiger partial charge on any atom is 0.317 e. The van der Waals surface area contributed by atoms with Crippen LogP contribution >= 0.6 is 0 Å². The topological polar surface area (TPSA) is 69.6 Å². The molecule has 5 atom stereocenters. The van der Waals surface area contributed by atoms with E-state index >= 15 is 0 Å². The van der Waals surface area contributed by atoms with Gasteiger partial charge in [0.1, 0.15) is 0 Å². The molecule has 5 unspecified atom stereocenters. The SMILES string of the molecule is CC1CCC(NC(=O)N2CCC(C(=O)O)C2C)CC1C. The number of carbonyl (C=O) groups is 2. The molecule has 2 aliphatic rings. The van der Waals surface area contributed by atoms with Gasteiger partial charge in [0.25, 0.3) is 0 Å². The first kappa shape index (κ1) is 15.1. The predicted molar refractivity (Wildman–Crippen MR) is 76.4 cm³/mol. The molecule has 1 saturated heterocycles. The van der Waals surface area contributed by atoms with Gasteiger partial charge in [-0.25, -0.2) is 4.79 Å². The van der Waals surface area contributed by atoms with E-state index in [1.165, 1.54) is 0 Å². The number of carbonyl (C=O) groups excluding carboxylic acids is 1. The second kappa shape index (κ2) is 6.02. The fourth-order valence-electron chi connectivity index (χ4n) is 3.49. The number of likely N-dealkylation sites (tertiary alicyclic amines) is 1. The van der Waals surface area contributed by atoms with Crippen LogP contribution in [0.15, 0.2) is 0 Å². The van der Waals surface area contributed by atoms with Crippen LogP contribution in [0.5, 0.6) is 0 Å². The number of carboxylic acid groups (broad SMARTS) is 1. The van der Waals surface area contributed by atoms with Crippen molar-refractivity contribution in [3.8, 4) is 0 Å². The average molecular weight is 282 g/mol. The van der Waals surface area contributed by atoms with Crippen molar-refractivity contribution in [2.75, 3.05) is 6.54 Å². The third-order valence-electron chi connectivity index (χ3n) is 5.26. The van der Waals surface area contributed by atoms with Crippen LogP contribution in [-0.4, -0.2) is 40.6 Å². The van der Waals surface area contributed by atoms with E-state index in [4.69, 9.17) is 5.11 Å². The van der Waals surface area contributed by atoms with Crippen LogP contribution in [-0.2, 0) is 4.79 Å². The van der Waals surface area contributed by atoms with Crippen LogP contribution in [0.1, 0.15) is 46.5 Å². The highest BCUT2D eigenvalue weighted by Crippen LogP contribution is 2.30.